The fourth-order valence-electron chi connectivity index (χ4n) is 1.96. The SMILES string of the molecule is Clc1ccc(-c2nnc3n2CCNC3)c(Cl)c1. The summed E-state index contributed by atoms with van der Waals surface area (Å²) in [6.07, 6.45) is 0. The van der Waals surface area contributed by atoms with Crippen LogP contribution in [0.3, 0.4) is 0 Å². The minimum atomic E-state index is 0.603. The minimum Gasteiger partial charge on any atom is -0.309 e. The van der Waals surface area contributed by atoms with Crippen molar-refractivity contribution in [1.29, 1.82) is 0 Å². The van der Waals surface area contributed by atoms with Gasteiger partial charge in [0.05, 0.1) is 11.6 Å². The first-order chi connectivity index (χ1) is 8.25. The van der Waals surface area contributed by atoms with Gasteiger partial charge in [-0.25, -0.2) is 0 Å². The van der Waals surface area contributed by atoms with Crippen LogP contribution < -0.4 is 5.32 Å². The average Bonchev–Trinajstić information content (AvgIpc) is 2.73. The third kappa shape index (κ3) is 1.92. The van der Waals surface area contributed by atoms with Gasteiger partial charge in [0.1, 0.15) is 5.82 Å². The molecule has 6 heteroatoms. The van der Waals surface area contributed by atoms with E-state index in [2.05, 4.69) is 20.1 Å². The Morgan fingerprint density at radius 3 is 2.94 bits per heavy atom. The van der Waals surface area contributed by atoms with Crippen molar-refractivity contribution < 1.29 is 0 Å². The molecule has 1 aromatic carbocycles. The summed E-state index contributed by atoms with van der Waals surface area (Å²) in [4.78, 5) is 0. The van der Waals surface area contributed by atoms with Crippen molar-refractivity contribution in [2.45, 2.75) is 13.1 Å². The number of fused-ring (bicyclic) bond motifs is 1. The largest absolute Gasteiger partial charge is 0.309 e. The van der Waals surface area contributed by atoms with E-state index in [1.165, 1.54) is 0 Å². The molecular formula is C11H10Cl2N4. The Bertz CT molecular complexity index is 565. The molecule has 1 aromatic heterocycles. The van der Waals surface area contributed by atoms with E-state index >= 15 is 0 Å². The molecule has 17 heavy (non-hydrogen) atoms. The highest BCUT2D eigenvalue weighted by molar-refractivity contribution is 6.36. The number of rotatable bonds is 1. The van der Waals surface area contributed by atoms with E-state index in [1.54, 1.807) is 6.07 Å². The molecule has 0 amide bonds. The maximum atomic E-state index is 6.18. The van der Waals surface area contributed by atoms with Crippen LogP contribution in [0.15, 0.2) is 18.2 Å². The van der Waals surface area contributed by atoms with Gasteiger partial charge in [-0.1, -0.05) is 23.2 Å². The number of nitrogens with zero attached hydrogens (tertiary/aromatic N) is 3. The Labute approximate surface area is 109 Å². The van der Waals surface area contributed by atoms with E-state index in [-0.39, 0.29) is 0 Å². The fourth-order valence-corrected chi connectivity index (χ4v) is 2.46. The molecule has 0 saturated heterocycles. The quantitative estimate of drug-likeness (QED) is 0.864. The molecule has 1 aliphatic rings. The molecule has 1 N–H and O–H groups in total. The van der Waals surface area contributed by atoms with Crippen molar-refractivity contribution >= 4 is 23.2 Å². The van der Waals surface area contributed by atoms with Crippen LogP contribution in [0.2, 0.25) is 10.0 Å². The third-order valence-corrected chi connectivity index (χ3v) is 3.34. The van der Waals surface area contributed by atoms with Gasteiger partial charge in [0.25, 0.3) is 0 Å². The molecule has 0 unspecified atom stereocenters. The zero-order valence-electron chi connectivity index (χ0n) is 8.95. The Hall–Kier alpha value is -1.10. The molecule has 4 nitrogen and oxygen atoms in total. The van der Waals surface area contributed by atoms with Gasteiger partial charge in [-0.2, -0.15) is 0 Å². The van der Waals surface area contributed by atoms with E-state index in [4.69, 9.17) is 23.2 Å². The molecule has 0 fully saturated rings. The minimum absolute atomic E-state index is 0.603. The highest BCUT2D eigenvalue weighted by Crippen LogP contribution is 2.29. The average molecular weight is 269 g/mol. The number of hydrogen-bond donors (Lipinski definition) is 1. The molecule has 0 aliphatic carbocycles. The Balaban J connectivity index is 2.12. The standard InChI is InChI=1S/C11H10Cl2N4/c12-7-1-2-8(9(13)5-7)11-16-15-10-6-14-3-4-17(10)11/h1-2,5,14H,3-4,6H2. The second kappa shape index (κ2) is 4.29. The number of aromatic nitrogens is 3. The van der Waals surface area contributed by atoms with Crippen LogP contribution in [-0.2, 0) is 13.1 Å². The lowest BCUT2D eigenvalue weighted by Gasteiger charge is -2.16. The summed E-state index contributed by atoms with van der Waals surface area (Å²) in [5.74, 6) is 1.75. The van der Waals surface area contributed by atoms with Crippen LogP contribution in [0.5, 0.6) is 0 Å². The van der Waals surface area contributed by atoms with Crippen LogP contribution in [-0.4, -0.2) is 21.3 Å². The summed E-state index contributed by atoms with van der Waals surface area (Å²) in [5.41, 5.74) is 0.872. The third-order valence-electron chi connectivity index (χ3n) is 2.79. The zero-order chi connectivity index (χ0) is 11.8. The van der Waals surface area contributed by atoms with Crippen molar-refractivity contribution in [3.05, 3.63) is 34.1 Å². The highest BCUT2D eigenvalue weighted by Gasteiger charge is 2.18. The first-order valence-corrected chi connectivity index (χ1v) is 6.09. The van der Waals surface area contributed by atoms with Gasteiger partial charge >= 0.3 is 0 Å². The summed E-state index contributed by atoms with van der Waals surface area (Å²) in [7, 11) is 0. The van der Waals surface area contributed by atoms with E-state index in [0.29, 0.717) is 10.0 Å². The van der Waals surface area contributed by atoms with Crippen molar-refractivity contribution in [2.75, 3.05) is 6.54 Å². The molecule has 0 atom stereocenters. The summed E-state index contributed by atoms with van der Waals surface area (Å²) >= 11 is 12.1. The predicted octanol–water partition coefficient (Wildman–Crippen LogP) is 2.36. The van der Waals surface area contributed by atoms with E-state index in [9.17, 15) is 0 Å². The summed E-state index contributed by atoms with van der Waals surface area (Å²) < 4.78 is 2.09. The molecule has 88 valence electrons. The van der Waals surface area contributed by atoms with Crippen LogP contribution in [0.1, 0.15) is 5.82 Å². The molecule has 0 radical (unpaired) electrons. The molecule has 3 rings (SSSR count). The monoisotopic (exact) mass is 268 g/mol. The van der Waals surface area contributed by atoms with Crippen molar-refractivity contribution in [3.63, 3.8) is 0 Å². The Morgan fingerprint density at radius 1 is 1.24 bits per heavy atom. The maximum absolute atomic E-state index is 6.18. The van der Waals surface area contributed by atoms with Gasteiger partial charge in [-0.15, -0.1) is 10.2 Å². The fraction of sp³-hybridized carbons (Fsp3) is 0.273. The van der Waals surface area contributed by atoms with Gasteiger partial charge in [0.2, 0.25) is 0 Å². The second-order valence-corrected chi connectivity index (χ2v) is 4.74. The molecule has 0 spiro atoms. The molecule has 0 bridgehead atoms. The molecular weight excluding hydrogens is 259 g/mol. The smallest absolute Gasteiger partial charge is 0.165 e. The van der Waals surface area contributed by atoms with Gasteiger partial charge in [-0.05, 0) is 18.2 Å². The first kappa shape index (κ1) is 11.0. The normalized spacial score (nSPS) is 14.7. The molecule has 0 saturated carbocycles. The van der Waals surface area contributed by atoms with Gasteiger partial charge in [-0.3, -0.25) is 0 Å². The lowest BCUT2D eigenvalue weighted by Crippen LogP contribution is -2.28. The zero-order valence-corrected chi connectivity index (χ0v) is 10.5. The summed E-state index contributed by atoms with van der Waals surface area (Å²) in [6, 6.07) is 5.41. The maximum Gasteiger partial charge on any atom is 0.165 e. The lowest BCUT2D eigenvalue weighted by molar-refractivity contribution is 0.508. The summed E-state index contributed by atoms with van der Waals surface area (Å²) in [5, 5.41) is 12.8. The highest BCUT2D eigenvalue weighted by atomic mass is 35.5. The van der Waals surface area contributed by atoms with Crippen LogP contribution in [0.25, 0.3) is 11.4 Å². The molecule has 2 heterocycles. The topological polar surface area (TPSA) is 42.7 Å². The van der Waals surface area contributed by atoms with Gasteiger partial charge in [0, 0.05) is 23.7 Å². The predicted molar refractivity (Wildman–Crippen MR) is 67.2 cm³/mol. The van der Waals surface area contributed by atoms with Crippen molar-refractivity contribution in [2.24, 2.45) is 0 Å². The van der Waals surface area contributed by atoms with Crippen LogP contribution >= 0.6 is 23.2 Å². The molecule has 2 aromatic rings. The lowest BCUT2D eigenvalue weighted by atomic mass is 10.2. The van der Waals surface area contributed by atoms with Gasteiger partial charge in [0.15, 0.2) is 5.82 Å². The Morgan fingerprint density at radius 2 is 2.12 bits per heavy atom. The number of halogens is 2. The van der Waals surface area contributed by atoms with Crippen LogP contribution in [0, 0.1) is 0 Å². The van der Waals surface area contributed by atoms with E-state index < -0.39 is 0 Å². The van der Waals surface area contributed by atoms with Crippen molar-refractivity contribution in [3.8, 4) is 11.4 Å². The van der Waals surface area contributed by atoms with Gasteiger partial charge < -0.3 is 9.88 Å². The number of benzene rings is 1. The Kier molecular flexibility index (Phi) is 2.78. The van der Waals surface area contributed by atoms with E-state index in [1.807, 2.05) is 12.1 Å². The van der Waals surface area contributed by atoms with Crippen molar-refractivity contribution in [1.82, 2.24) is 20.1 Å². The molecule has 1 aliphatic heterocycles. The first-order valence-electron chi connectivity index (χ1n) is 5.34. The number of nitrogens with one attached hydrogen (secondary N) is 1. The second-order valence-electron chi connectivity index (χ2n) is 3.89. The van der Waals surface area contributed by atoms with Crippen LogP contribution in [0.4, 0.5) is 0 Å². The summed E-state index contributed by atoms with van der Waals surface area (Å²) in [6.45, 7) is 2.53. The number of hydrogen-bond acceptors (Lipinski definition) is 3. The van der Waals surface area contributed by atoms with E-state index in [0.717, 1.165) is 36.8 Å².